The molecule has 0 heterocycles. The first-order chi connectivity index (χ1) is 12.6. The minimum Gasteiger partial charge on any atom is -0.454 e. The van der Waals surface area contributed by atoms with E-state index in [1.54, 1.807) is 36.4 Å². The number of nitrogens with one attached hydrogen (secondary N) is 1. The molecule has 0 aliphatic rings. The molecule has 1 N–H and O–H groups in total. The molecule has 0 aromatic heterocycles. The van der Waals surface area contributed by atoms with Gasteiger partial charge in [-0.15, -0.1) is 0 Å². The zero-order chi connectivity index (χ0) is 18.4. The summed E-state index contributed by atoms with van der Waals surface area (Å²) in [6, 6.07) is 23.5. The van der Waals surface area contributed by atoms with Crippen LogP contribution in [0.15, 0.2) is 83.3 Å². The molecule has 5 heteroatoms. The fraction of sp³-hybridized carbons (Fsp3) is 0.0476. The van der Waals surface area contributed by atoms with Gasteiger partial charge in [0.05, 0.1) is 11.3 Å². The van der Waals surface area contributed by atoms with Crippen molar-refractivity contribution in [1.82, 2.24) is 0 Å². The van der Waals surface area contributed by atoms with Gasteiger partial charge >= 0.3 is 5.97 Å². The highest BCUT2D eigenvalue weighted by Crippen LogP contribution is 2.21. The molecule has 3 rings (SSSR count). The number of rotatable bonds is 6. The first-order valence-electron chi connectivity index (χ1n) is 8.00. The molecule has 4 nitrogen and oxygen atoms in total. The summed E-state index contributed by atoms with van der Waals surface area (Å²) in [4.78, 5) is 24.6. The quantitative estimate of drug-likeness (QED) is 0.447. The average molecular weight is 410 g/mol. The lowest BCUT2D eigenvalue weighted by molar-refractivity contribution is 0.0475. The fourth-order valence-electron chi connectivity index (χ4n) is 2.40. The molecule has 0 bridgehead atoms. The number of carbonyl (C=O) groups excluding carboxylic acids is 2. The number of benzene rings is 3. The first kappa shape index (κ1) is 17.9. The van der Waals surface area contributed by atoms with Gasteiger partial charge in [0.15, 0.2) is 12.4 Å². The number of anilines is 2. The van der Waals surface area contributed by atoms with Gasteiger partial charge < -0.3 is 10.1 Å². The van der Waals surface area contributed by atoms with Crippen molar-refractivity contribution in [2.45, 2.75) is 0 Å². The van der Waals surface area contributed by atoms with Crippen molar-refractivity contribution < 1.29 is 14.3 Å². The van der Waals surface area contributed by atoms with Crippen LogP contribution < -0.4 is 5.32 Å². The zero-order valence-electron chi connectivity index (χ0n) is 13.8. The van der Waals surface area contributed by atoms with E-state index in [1.807, 2.05) is 42.5 Å². The third-order valence-electron chi connectivity index (χ3n) is 3.68. The highest BCUT2D eigenvalue weighted by atomic mass is 79.9. The lowest BCUT2D eigenvalue weighted by Gasteiger charge is -2.11. The molecule has 0 aliphatic heterocycles. The average Bonchev–Trinajstić information content (AvgIpc) is 2.67. The van der Waals surface area contributed by atoms with Crippen LogP contribution in [0.2, 0.25) is 0 Å². The van der Waals surface area contributed by atoms with Crippen LogP contribution in [0.3, 0.4) is 0 Å². The second-order valence-corrected chi connectivity index (χ2v) is 6.46. The number of ether oxygens (including phenoxy) is 1. The predicted molar refractivity (Wildman–Crippen MR) is 105 cm³/mol. The summed E-state index contributed by atoms with van der Waals surface area (Å²) in [5, 5.41) is 3.19. The molecule has 0 radical (unpaired) electrons. The van der Waals surface area contributed by atoms with Gasteiger partial charge in [-0.2, -0.15) is 0 Å². The van der Waals surface area contributed by atoms with Crippen molar-refractivity contribution in [2.75, 3.05) is 11.9 Å². The van der Waals surface area contributed by atoms with E-state index in [9.17, 15) is 9.59 Å². The van der Waals surface area contributed by atoms with Crippen LogP contribution in [-0.4, -0.2) is 18.4 Å². The third kappa shape index (κ3) is 4.58. The smallest absolute Gasteiger partial charge is 0.340 e. The number of esters is 1. The summed E-state index contributed by atoms with van der Waals surface area (Å²) in [5.41, 5.74) is 2.35. The summed E-state index contributed by atoms with van der Waals surface area (Å²) in [7, 11) is 0. The van der Waals surface area contributed by atoms with Crippen LogP contribution in [-0.2, 0) is 4.74 Å². The van der Waals surface area contributed by atoms with Crippen molar-refractivity contribution in [3.8, 4) is 0 Å². The highest BCUT2D eigenvalue weighted by Gasteiger charge is 2.15. The molecule has 0 aliphatic carbocycles. The van der Waals surface area contributed by atoms with Gasteiger partial charge in [-0.3, -0.25) is 4.79 Å². The molecule has 0 saturated heterocycles. The van der Waals surface area contributed by atoms with E-state index in [2.05, 4.69) is 21.2 Å². The Labute approximate surface area is 159 Å². The molecule has 0 saturated carbocycles. The molecule has 0 fully saturated rings. The Balaban J connectivity index is 1.69. The summed E-state index contributed by atoms with van der Waals surface area (Å²) in [5.74, 6) is -0.805. The topological polar surface area (TPSA) is 55.4 Å². The standard InChI is InChI=1S/C21H16BrNO3/c22-16-8-6-7-15(13-16)20(24)14-26-21(25)18-11-4-5-12-19(18)23-17-9-2-1-3-10-17/h1-13,23H,14H2. The number of carbonyl (C=O) groups is 2. The van der Waals surface area contributed by atoms with Gasteiger partial charge in [0.25, 0.3) is 0 Å². The minimum absolute atomic E-state index is 0.256. The zero-order valence-corrected chi connectivity index (χ0v) is 15.4. The molecule has 0 amide bonds. The van der Waals surface area contributed by atoms with Crippen LogP contribution in [0.25, 0.3) is 0 Å². The lowest BCUT2D eigenvalue weighted by Crippen LogP contribution is -2.15. The van der Waals surface area contributed by atoms with E-state index >= 15 is 0 Å². The molecule has 130 valence electrons. The molecule has 0 spiro atoms. The van der Waals surface area contributed by atoms with Crippen molar-refractivity contribution in [3.05, 3.63) is 94.5 Å². The van der Waals surface area contributed by atoms with Crippen molar-refractivity contribution in [1.29, 1.82) is 0 Å². The van der Waals surface area contributed by atoms with Gasteiger partial charge in [0.2, 0.25) is 0 Å². The van der Waals surface area contributed by atoms with Crippen LogP contribution in [0.1, 0.15) is 20.7 Å². The Morgan fingerprint density at radius 1 is 0.885 bits per heavy atom. The number of Topliss-reactive ketones (excluding diaryl/α,β-unsaturated/α-hetero) is 1. The molecule has 3 aromatic carbocycles. The summed E-state index contributed by atoms with van der Waals surface area (Å²) in [6.07, 6.45) is 0. The highest BCUT2D eigenvalue weighted by molar-refractivity contribution is 9.10. The summed E-state index contributed by atoms with van der Waals surface area (Å²) >= 11 is 3.32. The van der Waals surface area contributed by atoms with Gasteiger partial charge in [0.1, 0.15) is 0 Å². The van der Waals surface area contributed by atoms with Gasteiger partial charge in [-0.05, 0) is 36.4 Å². The second kappa shape index (κ2) is 8.45. The SMILES string of the molecule is O=C(COC(=O)c1ccccc1Nc1ccccc1)c1cccc(Br)c1. The maximum Gasteiger partial charge on any atom is 0.340 e. The van der Waals surface area contributed by atoms with Crippen LogP contribution in [0, 0.1) is 0 Å². The molecular weight excluding hydrogens is 394 g/mol. The number of hydrogen-bond donors (Lipinski definition) is 1. The second-order valence-electron chi connectivity index (χ2n) is 5.55. The fourth-order valence-corrected chi connectivity index (χ4v) is 2.80. The monoisotopic (exact) mass is 409 g/mol. The lowest BCUT2D eigenvalue weighted by atomic mass is 10.1. The van der Waals surface area contributed by atoms with E-state index < -0.39 is 5.97 Å². The number of hydrogen-bond acceptors (Lipinski definition) is 4. The van der Waals surface area contributed by atoms with Gasteiger partial charge in [-0.25, -0.2) is 4.79 Å². The maximum absolute atomic E-state index is 12.4. The van der Waals surface area contributed by atoms with Gasteiger partial charge in [-0.1, -0.05) is 58.4 Å². The predicted octanol–water partition coefficient (Wildman–Crippen LogP) is 5.23. The van der Waals surface area contributed by atoms with E-state index in [4.69, 9.17) is 4.74 Å². The largest absolute Gasteiger partial charge is 0.454 e. The van der Waals surface area contributed by atoms with Gasteiger partial charge in [0, 0.05) is 15.7 Å². The van der Waals surface area contributed by atoms with Crippen LogP contribution in [0.4, 0.5) is 11.4 Å². The van der Waals surface area contributed by atoms with Crippen LogP contribution in [0.5, 0.6) is 0 Å². The normalized spacial score (nSPS) is 10.2. The van der Waals surface area contributed by atoms with E-state index in [0.717, 1.165) is 10.2 Å². The van der Waals surface area contributed by atoms with Crippen molar-refractivity contribution >= 4 is 39.1 Å². The first-order valence-corrected chi connectivity index (χ1v) is 8.80. The molecule has 0 unspecified atom stereocenters. The van der Waals surface area contributed by atoms with Crippen molar-refractivity contribution in [2.24, 2.45) is 0 Å². The molecule has 3 aromatic rings. The van der Waals surface area contributed by atoms with Crippen molar-refractivity contribution in [3.63, 3.8) is 0 Å². The number of para-hydroxylation sites is 2. The molecule has 26 heavy (non-hydrogen) atoms. The Morgan fingerprint density at radius 3 is 2.38 bits per heavy atom. The summed E-state index contributed by atoms with van der Waals surface area (Å²) in [6.45, 7) is -0.311. The Hall–Kier alpha value is -2.92. The molecular formula is C21H16BrNO3. The Kier molecular flexibility index (Phi) is 5.81. The van der Waals surface area contributed by atoms with Crippen LogP contribution >= 0.6 is 15.9 Å². The Morgan fingerprint density at radius 2 is 1.62 bits per heavy atom. The maximum atomic E-state index is 12.4. The Bertz CT molecular complexity index is 925. The third-order valence-corrected chi connectivity index (χ3v) is 4.17. The summed E-state index contributed by atoms with van der Waals surface area (Å²) < 4.78 is 6.02. The molecule has 0 atom stereocenters. The number of halogens is 1. The van der Waals surface area contributed by atoms with E-state index in [1.165, 1.54) is 0 Å². The minimum atomic E-state index is -0.549. The van der Waals surface area contributed by atoms with E-state index in [0.29, 0.717) is 16.8 Å². The van der Waals surface area contributed by atoms with E-state index in [-0.39, 0.29) is 12.4 Å². The number of ketones is 1.